The number of fused-ring (bicyclic) bond motifs is 5. The number of carbonyl (C=O) groups excluding carboxylic acids is 2. The van der Waals surface area contributed by atoms with Crippen molar-refractivity contribution in [1.82, 2.24) is 0 Å². The molecule has 0 aromatic rings. The van der Waals surface area contributed by atoms with Gasteiger partial charge in [-0.05, 0) is 61.7 Å². The monoisotopic (exact) mass is 376 g/mol. The summed E-state index contributed by atoms with van der Waals surface area (Å²) in [5.74, 6) is 1.55. The molecule has 2 fully saturated rings. The largest absolute Gasteiger partial charge is 0.462 e. The SMILES string of the molecule is CC(=O)O[C@H]1CC[C@@]2(C)C(=CCC3C2CC[C@]2(C)C(Cl)=C(C=O)CC32)C1. The third-order valence-electron chi connectivity index (χ3n) is 8.15. The molecule has 0 radical (unpaired) electrons. The van der Waals surface area contributed by atoms with E-state index in [1.54, 1.807) is 0 Å². The van der Waals surface area contributed by atoms with Gasteiger partial charge in [-0.25, -0.2) is 0 Å². The van der Waals surface area contributed by atoms with Crippen LogP contribution in [0.5, 0.6) is 0 Å². The molecule has 0 spiro atoms. The first-order valence-electron chi connectivity index (χ1n) is 10.0. The van der Waals surface area contributed by atoms with Crippen molar-refractivity contribution < 1.29 is 14.3 Å². The highest BCUT2D eigenvalue weighted by molar-refractivity contribution is 6.32. The van der Waals surface area contributed by atoms with E-state index >= 15 is 0 Å². The molecule has 0 aromatic carbocycles. The summed E-state index contributed by atoms with van der Waals surface area (Å²) in [6.07, 6.45) is 10.5. The maximum absolute atomic E-state index is 11.5. The van der Waals surface area contributed by atoms with Crippen molar-refractivity contribution in [2.24, 2.45) is 28.6 Å². The van der Waals surface area contributed by atoms with Crippen molar-refractivity contribution in [3.8, 4) is 0 Å². The molecule has 3 nitrogen and oxygen atoms in total. The van der Waals surface area contributed by atoms with E-state index < -0.39 is 0 Å². The number of allylic oxidation sites excluding steroid dienone is 3. The molecule has 3 unspecified atom stereocenters. The van der Waals surface area contributed by atoms with Crippen LogP contribution in [0.15, 0.2) is 22.3 Å². The fourth-order valence-corrected chi connectivity index (χ4v) is 7.08. The van der Waals surface area contributed by atoms with Crippen molar-refractivity contribution in [2.45, 2.75) is 71.8 Å². The van der Waals surface area contributed by atoms with Crippen LogP contribution in [0.1, 0.15) is 65.7 Å². The second-order valence-electron chi connectivity index (χ2n) is 9.35. The molecule has 0 bridgehead atoms. The number of hydrogen-bond donors (Lipinski definition) is 0. The van der Waals surface area contributed by atoms with Gasteiger partial charge in [-0.3, -0.25) is 9.59 Å². The Labute approximate surface area is 161 Å². The average molecular weight is 377 g/mol. The van der Waals surface area contributed by atoms with Crippen LogP contribution in [0.3, 0.4) is 0 Å². The minimum absolute atomic E-state index is 0.0182. The number of halogens is 1. The Bertz CT molecular complexity index is 708. The van der Waals surface area contributed by atoms with E-state index in [0.717, 1.165) is 55.4 Å². The molecule has 26 heavy (non-hydrogen) atoms. The van der Waals surface area contributed by atoms with Crippen LogP contribution in [-0.4, -0.2) is 18.4 Å². The fourth-order valence-electron chi connectivity index (χ4n) is 6.73. The maximum Gasteiger partial charge on any atom is 0.302 e. The number of rotatable bonds is 2. The number of esters is 1. The molecule has 2 saturated carbocycles. The molecule has 4 aliphatic rings. The predicted octanol–water partition coefficient (Wildman–Crippen LogP) is 5.18. The molecule has 142 valence electrons. The molecule has 4 rings (SSSR count). The van der Waals surface area contributed by atoms with Gasteiger partial charge in [0.05, 0.1) is 0 Å². The molecular formula is C22H29ClO3. The Morgan fingerprint density at radius 3 is 2.62 bits per heavy atom. The van der Waals surface area contributed by atoms with Crippen LogP contribution >= 0.6 is 11.6 Å². The third kappa shape index (κ3) is 2.53. The van der Waals surface area contributed by atoms with Crippen LogP contribution in [0, 0.1) is 28.6 Å². The molecule has 4 heteroatoms. The quantitative estimate of drug-likeness (QED) is 0.378. The van der Waals surface area contributed by atoms with Crippen molar-refractivity contribution in [2.75, 3.05) is 0 Å². The molecule has 0 aliphatic heterocycles. The normalized spacial score (nSPS) is 44.5. The first kappa shape index (κ1) is 18.3. The minimum atomic E-state index is -0.172. The van der Waals surface area contributed by atoms with Gasteiger partial charge in [0.2, 0.25) is 0 Å². The Morgan fingerprint density at radius 2 is 1.92 bits per heavy atom. The summed E-state index contributed by atoms with van der Waals surface area (Å²) < 4.78 is 5.51. The van der Waals surface area contributed by atoms with Gasteiger partial charge < -0.3 is 4.74 Å². The first-order valence-corrected chi connectivity index (χ1v) is 10.4. The first-order chi connectivity index (χ1) is 12.3. The smallest absolute Gasteiger partial charge is 0.302 e. The molecule has 4 aliphatic carbocycles. The average Bonchev–Trinajstić information content (AvgIpc) is 2.86. The summed E-state index contributed by atoms with van der Waals surface area (Å²) in [5.41, 5.74) is 2.51. The molecule has 0 aromatic heterocycles. The zero-order chi connectivity index (χ0) is 18.7. The lowest BCUT2D eigenvalue weighted by Gasteiger charge is -2.57. The highest BCUT2D eigenvalue weighted by Crippen LogP contribution is 2.66. The molecule has 0 heterocycles. The number of ether oxygens (including phenoxy) is 1. The highest BCUT2D eigenvalue weighted by Gasteiger charge is 2.58. The Hall–Kier alpha value is -1.09. The molecule has 6 atom stereocenters. The van der Waals surface area contributed by atoms with E-state index in [4.69, 9.17) is 16.3 Å². The Balaban J connectivity index is 1.61. The predicted molar refractivity (Wildman–Crippen MR) is 102 cm³/mol. The van der Waals surface area contributed by atoms with Crippen LogP contribution in [-0.2, 0) is 14.3 Å². The maximum atomic E-state index is 11.5. The molecule has 0 amide bonds. The lowest BCUT2D eigenvalue weighted by Crippen LogP contribution is -2.50. The number of hydrogen-bond acceptors (Lipinski definition) is 3. The van der Waals surface area contributed by atoms with E-state index in [0.29, 0.717) is 17.8 Å². The number of carbonyl (C=O) groups is 2. The number of aldehydes is 1. The van der Waals surface area contributed by atoms with Gasteiger partial charge in [-0.15, -0.1) is 0 Å². The van der Waals surface area contributed by atoms with E-state index in [1.807, 2.05) is 0 Å². The van der Waals surface area contributed by atoms with Crippen molar-refractivity contribution >= 4 is 23.9 Å². The summed E-state index contributed by atoms with van der Waals surface area (Å²) >= 11 is 6.65. The van der Waals surface area contributed by atoms with Crippen molar-refractivity contribution in [3.05, 3.63) is 22.3 Å². The van der Waals surface area contributed by atoms with Gasteiger partial charge >= 0.3 is 5.97 Å². The summed E-state index contributed by atoms with van der Waals surface area (Å²) in [6, 6.07) is 0. The second-order valence-corrected chi connectivity index (χ2v) is 9.73. The third-order valence-corrected chi connectivity index (χ3v) is 8.82. The van der Waals surface area contributed by atoms with E-state index in [-0.39, 0.29) is 22.9 Å². The standard InChI is InChI=1S/C22H29ClO3/c1-13(25)26-16-6-8-21(2)15(11-16)4-5-17-18(21)7-9-22(3)19(17)10-14(12-24)20(22)23/h4,12,16-19H,5-11H2,1-3H3/t16-,17?,18?,19?,21-,22-/m0/s1. The van der Waals surface area contributed by atoms with E-state index in [9.17, 15) is 9.59 Å². The van der Waals surface area contributed by atoms with Crippen molar-refractivity contribution in [1.29, 1.82) is 0 Å². The summed E-state index contributed by atoms with van der Waals surface area (Å²) in [4.78, 5) is 22.8. The van der Waals surface area contributed by atoms with E-state index in [1.165, 1.54) is 18.9 Å². The molecule has 0 saturated heterocycles. The Morgan fingerprint density at radius 1 is 1.19 bits per heavy atom. The van der Waals surface area contributed by atoms with Gasteiger partial charge in [0, 0.05) is 29.4 Å². The highest BCUT2D eigenvalue weighted by atomic mass is 35.5. The second kappa shape index (κ2) is 6.22. The summed E-state index contributed by atoms with van der Waals surface area (Å²) in [5, 5.41) is 0.828. The summed E-state index contributed by atoms with van der Waals surface area (Å²) in [7, 11) is 0. The fraction of sp³-hybridized carbons (Fsp3) is 0.727. The van der Waals surface area contributed by atoms with E-state index in [2.05, 4.69) is 19.9 Å². The zero-order valence-corrected chi connectivity index (χ0v) is 16.8. The van der Waals surface area contributed by atoms with Gasteiger partial charge in [0.25, 0.3) is 0 Å². The molecule has 0 N–H and O–H groups in total. The van der Waals surface area contributed by atoms with Crippen LogP contribution in [0.25, 0.3) is 0 Å². The van der Waals surface area contributed by atoms with Crippen LogP contribution in [0.2, 0.25) is 0 Å². The lowest BCUT2D eigenvalue weighted by atomic mass is 9.48. The van der Waals surface area contributed by atoms with Crippen LogP contribution in [0.4, 0.5) is 0 Å². The topological polar surface area (TPSA) is 43.4 Å². The lowest BCUT2D eigenvalue weighted by molar-refractivity contribution is -0.148. The zero-order valence-electron chi connectivity index (χ0n) is 16.0. The van der Waals surface area contributed by atoms with Gasteiger partial charge in [-0.2, -0.15) is 0 Å². The van der Waals surface area contributed by atoms with Gasteiger partial charge in [0.1, 0.15) is 12.4 Å². The van der Waals surface area contributed by atoms with Gasteiger partial charge in [0.15, 0.2) is 0 Å². The minimum Gasteiger partial charge on any atom is -0.462 e. The Kier molecular flexibility index (Phi) is 4.38. The van der Waals surface area contributed by atoms with Gasteiger partial charge in [-0.1, -0.05) is 37.1 Å². The van der Waals surface area contributed by atoms with Crippen LogP contribution < -0.4 is 0 Å². The molecular weight excluding hydrogens is 348 g/mol. The van der Waals surface area contributed by atoms with Crippen molar-refractivity contribution in [3.63, 3.8) is 0 Å². The summed E-state index contributed by atoms with van der Waals surface area (Å²) in [6.45, 7) is 6.20.